The second-order valence-electron chi connectivity index (χ2n) is 10.4. The molecule has 0 saturated heterocycles. The molecule has 2 aromatic carbocycles. The fourth-order valence-corrected chi connectivity index (χ4v) is 5.97. The van der Waals surface area contributed by atoms with Gasteiger partial charge < -0.3 is 31.1 Å². The number of aliphatic hydroxyl groups is 3. The number of hydrogen-bond acceptors (Lipinski definition) is 8. The number of nitrogens with zero attached hydrogens (tertiary/aromatic N) is 1. The van der Waals surface area contributed by atoms with Crippen LogP contribution in [-0.2, 0) is 16.0 Å². The van der Waals surface area contributed by atoms with E-state index in [9.17, 15) is 39.2 Å². The zero-order chi connectivity index (χ0) is 28.4. The van der Waals surface area contributed by atoms with E-state index in [0.29, 0.717) is 22.4 Å². The molecule has 3 atom stereocenters. The Morgan fingerprint density at radius 2 is 1.77 bits per heavy atom. The van der Waals surface area contributed by atoms with Gasteiger partial charge in [-0.2, -0.15) is 0 Å². The summed E-state index contributed by atoms with van der Waals surface area (Å²) in [7, 11) is 3.56. The third kappa shape index (κ3) is 3.90. The standard InChI is InChI=1S/C29H27FN2O7/c1-32(2)19-11-14(6-3-13-4-7-17(30)8-5-13)24(34)22-18(19)10-15-9-16-12-20(33)23(28(31)38)27(37)29(16,39)26(36)21(15)25(22)35/h3-8,11,15-16,33-34,36,39H,9-10,12H2,1-2H3,(H2,31,38)/b6-3+/t15-,16+,29+/m1/s1. The number of benzene rings is 2. The highest BCUT2D eigenvalue weighted by Crippen LogP contribution is 2.52. The monoisotopic (exact) mass is 534 g/mol. The number of carbonyl (C=O) groups excluding carboxylic acids is 3. The highest BCUT2D eigenvalue weighted by atomic mass is 19.1. The van der Waals surface area contributed by atoms with Crippen molar-refractivity contribution in [3.05, 3.63) is 81.1 Å². The lowest BCUT2D eigenvalue weighted by Crippen LogP contribution is -2.57. The zero-order valence-electron chi connectivity index (χ0n) is 21.2. The molecular formula is C29H27FN2O7. The third-order valence-corrected chi connectivity index (χ3v) is 7.88. The maximum Gasteiger partial charge on any atom is 0.255 e. The molecule has 2 aromatic rings. The van der Waals surface area contributed by atoms with Crippen LogP contribution in [-0.4, -0.2) is 57.6 Å². The molecule has 5 rings (SSSR count). The van der Waals surface area contributed by atoms with Gasteiger partial charge in [0.25, 0.3) is 5.91 Å². The van der Waals surface area contributed by atoms with Crippen molar-refractivity contribution in [1.82, 2.24) is 0 Å². The van der Waals surface area contributed by atoms with Gasteiger partial charge in [0.1, 0.15) is 28.7 Å². The smallest absolute Gasteiger partial charge is 0.255 e. The van der Waals surface area contributed by atoms with Gasteiger partial charge in [-0.05, 0) is 48.1 Å². The summed E-state index contributed by atoms with van der Waals surface area (Å²) in [6.07, 6.45) is 3.20. The van der Waals surface area contributed by atoms with Crippen molar-refractivity contribution in [2.45, 2.75) is 24.9 Å². The highest BCUT2D eigenvalue weighted by molar-refractivity contribution is 6.24. The molecule has 0 unspecified atom stereocenters. The van der Waals surface area contributed by atoms with Crippen molar-refractivity contribution >= 4 is 35.3 Å². The van der Waals surface area contributed by atoms with Crippen LogP contribution in [0.2, 0.25) is 0 Å². The topological polar surface area (TPSA) is 161 Å². The Morgan fingerprint density at radius 1 is 1.10 bits per heavy atom. The van der Waals surface area contributed by atoms with Gasteiger partial charge in [0, 0.05) is 43.3 Å². The second-order valence-corrected chi connectivity index (χ2v) is 10.4. The lowest BCUT2D eigenvalue weighted by Gasteiger charge is -2.45. The molecule has 0 heterocycles. The number of aliphatic hydroxyl groups excluding tert-OH is 2. The molecule has 0 radical (unpaired) electrons. The van der Waals surface area contributed by atoms with Crippen molar-refractivity contribution < 1.29 is 39.2 Å². The summed E-state index contributed by atoms with van der Waals surface area (Å²) < 4.78 is 13.3. The number of halogens is 1. The Hall–Kier alpha value is -4.44. The molecule has 6 N–H and O–H groups in total. The number of nitrogens with two attached hydrogens (primary N) is 1. The van der Waals surface area contributed by atoms with Gasteiger partial charge in [0.05, 0.1) is 5.56 Å². The molecule has 39 heavy (non-hydrogen) atoms. The molecule has 0 bridgehead atoms. The average Bonchev–Trinajstić information content (AvgIpc) is 2.86. The van der Waals surface area contributed by atoms with Crippen LogP contribution < -0.4 is 10.6 Å². The number of allylic oxidation sites excluding steroid dienone is 2. The fraction of sp³-hybridized carbons (Fsp3) is 0.276. The maximum atomic E-state index is 13.9. The van der Waals surface area contributed by atoms with E-state index in [-0.39, 0.29) is 36.1 Å². The number of fused-ring (bicyclic) bond motifs is 3. The van der Waals surface area contributed by atoms with Crippen LogP contribution in [0, 0.1) is 17.7 Å². The number of aromatic hydroxyl groups is 1. The SMILES string of the molecule is CN(C)c1cc(/C=C/c2ccc(F)cc2)c(O)c2c1C[C@H]1C[C@H]3CC(O)=C(C(N)=O)C(=O)[C@@]3(O)C(O)=C1C2=O. The Labute approximate surface area is 223 Å². The number of ketones is 2. The van der Waals surface area contributed by atoms with Crippen molar-refractivity contribution in [2.75, 3.05) is 19.0 Å². The van der Waals surface area contributed by atoms with E-state index in [4.69, 9.17) is 5.73 Å². The third-order valence-electron chi connectivity index (χ3n) is 7.88. The van der Waals surface area contributed by atoms with E-state index in [1.165, 1.54) is 12.1 Å². The Kier molecular flexibility index (Phi) is 6.10. The van der Waals surface area contributed by atoms with Crippen molar-refractivity contribution in [1.29, 1.82) is 0 Å². The summed E-state index contributed by atoms with van der Waals surface area (Å²) >= 11 is 0. The molecular weight excluding hydrogens is 507 g/mol. The highest BCUT2D eigenvalue weighted by Gasteiger charge is 2.59. The molecule has 3 aliphatic carbocycles. The second kappa shape index (κ2) is 9.09. The molecule has 0 aromatic heterocycles. The Morgan fingerprint density at radius 3 is 2.38 bits per heavy atom. The molecule has 9 nitrogen and oxygen atoms in total. The van der Waals surface area contributed by atoms with E-state index < -0.39 is 57.8 Å². The summed E-state index contributed by atoms with van der Waals surface area (Å²) in [6, 6.07) is 7.41. The van der Waals surface area contributed by atoms with Gasteiger partial charge in [-0.15, -0.1) is 0 Å². The molecule has 0 aliphatic heterocycles. The largest absolute Gasteiger partial charge is 0.511 e. The lowest BCUT2D eigenvalue weighted by molar-refractivity contribution is -0.144. The van der Waals surface area contributed by atoms with Crippen LogP contribution in [0.3, 0.4) is 0 Å². The van der Waals surface area contributed by atoms with E-state index >= 15 is 0 Å². The van der Waals surface area contributed by atoms with Gasteiger partial charge in [0.2, 0.25) is 5.78 Å². The number of phenols is 1. The summed E-state index contributed by atoms with van der Waals surface area (Å²) in [4.78, 5) is 40.6. The number of amides is 1. The van der Waals surface area contributed by atoms with Gasteiger partial charge in [-0.25, -0.2) is 4.39 Å². The first-order chi connectivity index (χ1) is 18.4. The Bertz CT molecular complexity index is 1540. The van der Waals surface area contributed by atoms with Crippen molar-refractivity contribution in [3.8, 4) is 5.75 Å². The predicted octanol–water partition coefficient (Wildman–Crippen LogP) is 2.96. The van der Waals surface area contributed by atoms with Gasteiger partial charge in [-0.1, -0.05) is 24.3 Å². The lowest BCUT2D eigenvalue weighted by atomic mass is 9.60. The van der Waals surface area contributed by atoms with Crippen molar-refractivity contribution in [2.24, 2.45) is 17.6 Å². The summed E-state index contributed by atoms with van der Waals surface area (Å²) in [6.45, 7) is 0. The van der Waals surface area contributed by atoms with E-state index in [2.05, 4.69) is 0 Å². The number of hydrogen-bond donors (Lipinski definition) is 5. The molecule has 1 amide bonds. The molecule has 3 aliphatic rings. The quantitative estimate of drug-likeness (QED) is 0.296. The number of rotatable bonds is 4. The molecule has 10 heteroatoms. The average molecular weight is 535 g/mol. The molecule has 0 spiro atoms. The number of primary amides is 1. The van der Waals surface area contributed by atoms with Gasteiger partial charge >= 0.3 is 0 Å². The van der Waals surface area contributed by atoms with Gasteiger partial charge in [-0.3, -0.25) is 14.4 Å². The minimum Gasteiger partial charge on any atom is -0.511 e. The molecule has 202 valence electrons. The van der Waals surface area contributed by atoms with Crippen LogP contribution >= 0.6 is 0 Å². The van der Waals surface area contributed by atoms with Gasteiger partial charge in [0.15, 0.2) is 11.4 Å². The number of carbonyl (C=O) groups is 3. The van der Waals surface area contributed by atoms with E-state index in [0.717, 1.165) is 0 Å². The summed E-state index contributed by atoms with van der Waals surface area (Å²) in [5.74, 6) is -7.09. The van der Waals surface area contributed by atoms with Crippen LogP contribution in [0.1, 0.15) is 39.9 Å². The maximum absolute atomic E-state index is 13.9. The minimum absolute atomic E-state index is 0.0583. The molecule has 0 saturated carbocycles. The predicted molar refractivity (Wildman–Crippen MR) is 140 cm³/mol. The van der Waals surface area contributed by atoms with Crippen molar-refractivity contribution in [3.63, 3.8) is 0 Å². The van der Waals surface area contributed by atoms with E-state index in [1.54, 1.807) is 49.3 Å². The summed E-state index contributed by atoms with van der Waals surface area (Å²) in [5, 5.41) is 44.1. The first-order valence-electron chi connectivity index (χ1n) is 12.3. The Balaban J connectivity index is 1.65. The first-order valence-corrected chi connectivity index (χ1v) is 12.3. The summed E-state index contributed by atoms with van der Waals surface area (Å²) in [5.41, 5.74) is 3.65. The first kappa shape index (κ1) is 26.2. The van der Waals surface area contributed by atoms with Crippen LogP contribution in [0.4, 0.5) is 10.1 Å². The van der Waals surface area contributed by atoms with Crippen LogP contribution in [0.5, 0.6) is 5.75 Å². The zero-order valence-corrected chi connectivity index (χ0v) is 21.2. The molecule has 0 fully saturated rings. The van der Waals surface area contributed by atoms with Crippen LogP contribution in [0.25, 0.3) is 12.2 Å². The van der Waals surface area contributed by atoms with Crippen LogP contribution in [0.15, 0.2) is 53.0 Å². The fourth-order valence-electron chi connectivity index (χ4n) is 5.97. The number of anilines is 1. The number of Topliss-reactive ketones (excluding diaryl/α,β-unsaturated/α-hetero) is 2. The normalized spacial score (nSPS) is 24.5. The minimum atomic E-state index is -2.62. The van der Waals surface area contributed by atoms with E-state index in [1.807, 2.05) is 0 Å². The number of phenolic OH excluding ortho intramolecular Hbond substituents is 1.